The molecule has 1 aliphatic rings. The molecule has 2 rings (SSSR count). The summed E-state index contributed by atoms with van der Waals surface area (Å²) < 4.78 is 31.8. The summed E-state index contributed by atoms with van der Waals surface area (Å²) in [5, 5.41) is 6.64. The monoisotopic (exact) mass is 343 g/mol. The molecule has 2 heterocycles. The van der Waals surface area contributed by atoms with Gasteiger partial charge in [-0.25, -0.2) is 8.42 Å². The third-order valence-electron chi connectivity index (χ3n) is 4.22. The smallest absolute Gasteiger partial charge is 0.248 e. The minimum atomic E-state index is -3.60. The Morgan fingerprint density at radius 2 is 2.00 bits per heavy atom. The molecule has 0 aliphatic carbocycles. The van der Waals surface area contributed by atoms with Crippen molar-refractivity contribution in [1.82, 2.24) is 14.8 Å². The normalized spacial score (nSPS) is 17.3. The molecule has 1 fully saturated rings. The Kier molecular flexibility index (Phi) is 5.80. The number of carbonyl (C=O) groups excluding carboxylic acids is 1. The minimum Gasteiger partial charge on any atom is -0.360 e. The number of sulfonamides is 1. The van der Waals surface area contributed by atoms with E-state index in [2.05, 4.69) is 17.4 Å². The van der Waals surface area contributed by atoms with Crippen LogP contribution in [0.4, 0.5) is 0 Å². The highest BCUT2D eigenvalue weighted by molar-refractivity contribution is 7.89. The lowest BCUT2D eigenvalue weighted by molar-refractivity contribution is -0.126. The number of piperidine rings is 1. The van der Waals surface area contributed by atoms with E-state index >= 15 is 0 Å². The third-order valence-corrected chi connectivity index (χ3v) is 6.36. The molecule has 1 amide bonds. The van der Waals surface area contributed by atoms with E-state index in [1.165, 1.54) is 4.31 Å². The Hall–Kier alpha value is -1.41. The number of amides is 1. The van der Waals surface area contributed by atoms with Crippen LogP contribution in [0, 0.1) is 19.8 Å². The molecule has 7 nitrogen and oxygen atoms in total. The van der Waals surface area contributed by atoms with Gasteiger partial charge >= 0.3 is 0 Å². The molecule has 0 spiro atoms. The molecule has 0 saturated carbocycles. The molecule has 1 aliphatic heterocycles. The highest BCUT2D eigenvalue weighted by atomic mass is 32.2. The number of aromatic nitrogens is 1. The Morgan fingerprint density at radius 3 is 2.52 bits per heavy atom. The maximum absolute atomic E-state index is 12.7. The summed E-state index contributed by atoms with van der Waals surface area (Å²) in [7, 11) is -3.60. The second kappa shape index (κ2) is 7.44. The fourth-order valence-electron chi connectivity index (χ4n) is 2.86. The lowest BCUT2D eigenvalue weighted by Gasteiger charge is -2.30. The molecular formula is C15H25N3O4S. The van der Waals surface area contributed by atoms with E-state index < -0.39 is 10.0 Å². The Balaban J connectivity index is 1.98. The molecule has 1 N–H and O–H groups in total. The van der Waals surface area contributed by atoms with Gasteiger partial charge in [0.25, 0.3) is 0 Å². The molecular weight excluding hydrogens is 318 g/mol. The van der Waals surface area contributed by atoms with Gasteiger partial charge < -0.3 is 9.84 Å². The first-order valence-corrected chi connectivity index (χ1v) is 9.52. The molecule has 0 atom stereocenters. The van der Waals surface area contributed by atoms with E-state index in [0.29, 0.717) is 43.9 Å². The number of rotatable bonds is 6. The molecule has 0 radical (unpaired) electrons. The number of nitrogens with zero attached hydrogens (tertiary/aromatic N) is 2. The van der Waals surface area contributed by atoms with Crippen molar-refractivity contribution in [1.29, 1.82) is 0 Å². The highest BCUT2D eigenvalue weighted by Crippen LogP contribution is 2.27. The summed E-state index contributed by atoms with van der Waals surface area (Å²) in [5.74, 6) is 0.234. The molecule has 0 bridgehead atoms. The number of hydrogen-bond acceptors (Lipinski definition) is 5. The zero-order valence-corrected chi connectivity index (χ0v) is 14.8. The summed E-state index contributed by atoms with van der Waals surface area (Å²) in [4.78, 5) is 12.2. The van der Waals surface area contributed by atoms with Crippen molar-refractivity contribution in [2.24, 2.45) is 5.92 Å². The van der Waals surface area contributed by atoms with Gasteiger partial charge in [0.05, 0.1) is 0 Å². The van der Waals surface area contributed by atoms with Gasteiger partial charge in [0.2, 0.25) is 15.9 Å². The van der Waals surface area contributed by atoms with E-state index in [-0.39, 0.29) is 16.7 Å². The zero-order chi connectivity index (χ0) is 17.0. The first-order chi connectivity index (χ1) is 10.9. The van der Waals surface area contributed by atoms with Crippen LogP contribution in [0.2, 0.25) is 0 Å². The van der Waals surface area contributed by atoms with E-state index in [1.54, 1.807) is 13.8 Å². The minimum absolute atomic E-state index is 0.0350. The van der Waals surface area contributed by atoms with E-state index in [1.807, 2.05) is 0 Å². The molecule has 0 unspecified atom stereocenters. The van der Waals surface area contributed by atoms with E-state index in [0.717, 1.165) is 12.8 Å². The Morgan fingerprint density at radius 1 is 1.35 bits per heavy atom. The van der Waals surface area contributed by atoms with Crippen molar-refractivity contribution < 1.29 is 17.7 Å². The fraction of sp³-hybridized carbons (Fsp3) is 0.733. The van der Waals surface area contributed by atoms with Gasteiger partial charge in [0, 0.05) is 25.6 Å². The largest absolute Gasteiger partial charge is 0.360 e. The third kappa shape index (κ3) is 3.92. The van der Waals surface area contributed by atoms with Crippen LogP contribution in [0.1, 0.15) is 44.1 Å². The second-order valence-corrected chi connectivity index (χ2v) is 7.85. The summed E-state index contributed by atoms with van der Waals surface area (Å²) >= 11 is 0. The maximum atomic E-state index is 12.7. The van der Waals surface area contributed by atoms with E-state index in [9.17, 15) is 13.2 Å². The van der Waals surface area contributed by atoms with Crippen LogP contribution in [-0.2, 0) is 14.8 Å². The average molecular weight is 343 g/mol. The van der Waals surface area contributed by atoms with Crippen molar-refractivity contribution in [2.45, 2.75) is 51.3 Å². The van der Waals surface area contributed by atoms with Crippen molar-refractivity contribution in [3.8, 4) is 0 Å². The predicted molar refractivity (Wildman–Crippen MR) is 85.4 cm³/mol. The van der Waals surface area contributed by atoms with Crippen LogP contribution in [-0.4, -0.2) is 43.4 Å². The first-order valence-electron chi connectivity index (χ1n) is 8.08. The molecule has 8 heteroatoms. The average Bonchev–Trinajstić information content (AvgIpc) is 2.87. The summed E-state index contributed by atoms with van der Waals surface area (Å²) in [6, 6.07) is 0. The van der Waals surface area contributed by atoms with Crippen molar-refractivity contribution in [2.75, 3.05) is 19.6 Å². The molecule has 0 aromatic carbocycles. The standard InChI is InChI=1S/C15H25N3O4S/c1-4-5-8-16-15(19)13-6-9-18(10-7-13)23(20,21)14-11(2)17-22-12(14)3/h13H,4-10H2,1-3H3,(H,16,19). The lowest BCUT2D eigenvalue weighted by Crippen LogP contribution is -2.43. The van der Waals surface area contributed by atoms with Crippen LogP contribution in [0.3, 0.4) is 0 Å². The second-order valence-electron chi connectivity index (χ2n) is 5.98. The van der Waals surface area contributed by atoms with E-state index in [4.69, 9.17) is 4.52 Å². The molecule has 1 aromatic rings. The summed E-state index contributed by atoms with van der Waals surface area (Å²) in [6.07, 6.45) is 3.08. The Bertz CT molecular complexity index is 626. The predicted octanol–water partition coefficient (Wildman–Crippen LogP) is 1.61. The van der Waals surface area contributed by atoms with Gasteiger partial charge in [-0.3, -0.25) is 4.79 Å². The van der Waals surface area contributed by atoms with Crippen LogP contribution in [0.15, 0.2) is 9.42 Å². The Labute approximate surface area is 137 Å². The van der Waals surface area contributed by atoms with Crippen LogP contribution < -0.4 is 5.32 Å². The van der Waals surface area contributed by atoms with Crippen molar-refractivity contribution in [3.63, 3.8) is 0 Å². The van der Waals surface area contributed by atoms with Gasteiger partial charge in [-0.15, -0.1) is 0 Å². The topological polar surface area (TPSA) is 92.5 Å². The number of hydrogen-bond donors (Lipinski definition) is 1. The van der Waals surface area contributed by atoms with Crippen LogP contribution in [0.25, 0.3) is 0 Å². The quantitative estimate of drug-likeness (QED) is 0.792. The van der Waals surface area contributed by atoms with Gasteiger partial charge in [0.15, 0.2) is 5.76 Å². The van der Waals surface area contributed by atoms with Gasteiger partial charge in [0.1, 0.15) is 10.6 Å². The number of aryl methyl sites for hydroxylation is 2. The van der Waals surface area contributed by atoms with Gasteiger partial charge in [-0.05, 0) is 33.1 Å². The molecule has 1 aromatic heterocycles. The molecule has 130 valence electrons. The zero-order valence-electron chi connectivity index (χ0n) is 14.0. The van der Waals surface area contributed by atoms with Crippen molar-refractivity contribution >= 4 is 15.9 Å². The SMILES string of the molecule is CCCCNC(=O)C1CCN(S(=O)(=O)c2c(C)noc2C)CC1. The van der Waals surface area contributed by atoms with Crippen LogP contribution in [0.5, 0.6) is 0 Å². The summed E-state index contributed by atoms with van der Waals surface area (Å²) in [6.45, 7) is 6.67. The number of nitrogens with one attached hydrogen (secondary N) is 1. The highest BCUT2D eigenvalue weighted by Gasteiger charge is 2.35. The first kappa shape index (κ1) is 17.9. The fourth-order valence-corrected chi connectivity index (χ4v) is 4.62. The molecule has 1 saturated heterocycles. The number of carbonyl (C=O) groups is 1. The van der Waals surface area contributed by atoms with Crippen molar-refractivity contribution in [3.05, 3.63) is 11.5 Å². The molecule has 23 heavy (non-hydrogen) atoms. The van der Waals surface area contributed by atoms with Gasteiger partial charge in [-0.1, -0.05) is 18.5 Å². The van der Waals surface area contributed by atoms with Crippen LogP contribution >= 0.6 is 0 Å². The maximum Gasteiger partial charge on any atom is 0.248 e. The van der Waals surface area contributed by atoms with Gasteiger partial charge in [-0.2, -0.15) is 4.31 Å². The number of unbranched alkanes of at least 4 members (excludes halogenated alkanes) is 1. The lowest BCUT2D eigenvalue weighted by atomic mass is 9.97. The summed E-state index contributed by atoms with van der Waals surface area (Å²) in [5.41, 5.74) is 0.377.